The lowest BCUT2D eigenvalue weighted by atomic mass is 9.95. The van der Waals surface area contributed by atoms with E-state index in [4.69, 9.17) is 4.74 Å². The minimum atomic E-state index is -2.65. The Bertz CT molecular complexity index is 1230. The largest absolute Gasteiger partial charge is 0.497 e. The summed E-state index contributed by atoms with van der Waals surface area (Å²) in [6.45, 7) is -2.65. The Labute approximate surface area is 195 Å². The smallest absolute Gasteiger partial charge is 0.320 e. The van der Waals surface area contributed by atoms with Crippen LogP contribution < -0.4 is 4.74 Å². The third kappa shape index (κ3) is 4.34. The van der Waals surface area contributed by atoms with Crippen molar-refractivity contribution in [1.29, 1.82) is 0 Å². The normalized spacial score (nSPS) is 14.9. The van der Waals surface area contributed by atoms with E-state index in [0.717, 1.165) is 52.5 Å². The number of imidazole rings is 1. The maximum absolute atomic E-state index is 13.8. The number of para-hydroxylation sites is 2. The highest BCUT2D eigenvalue weighted by atomic mass is 32.2. The number of fused-ring (bicyclic) bond motifs is 1. The maximum Gasteiger partial charge on any atom is 0.320 e. The van der Waals surface area contributed by atoms with Crippen LogP contribution in [0.2, 0.25) is 0 Å². The second-order valence-electron chi connectivity index (χ2n) is 8.15. The van der Waals surface area contributed by atoms with Crippen LogP contribution in [0.25, 0.3) is 22.4 Å². The van der Waals surface area contributed by atoms with Crippen LogP contribution >= 0.6 is 11.8 Å². The number of alkyl halides is 2. The lowest BCUT2D eigenvalue weighted by Crippen LogP contribution is -2.15. The number of nitrogens with zero attached hydrogens (tertiary/aromatic N) is 5. The summed E-state index contributed by atoms with van der Waals surface area (Å²) in [7, 11) is 1.64. The zero-order chi connectivity index (χ0) is 22.8. The molecule has 0 spiro atoms. The molecule has 5 rings (SSSR count). The van der Waals surface area contributed by atoms with Crippen molar-refractivity contribution in [2.24, 2.45) is 0 Å². The van der Waals surface area contributed by atoms with Gasteiger partial charge in [0.25, 0.3) is 0 Å². The lowest BCUT2D eigenvalue weighted by molar-refractivity contribution is 0.0722. The molecule has 0 radical (unpaired) electrons. The minimum Gasteiger partial charge on any atom is -0.497 e. The molecule has 1 aliphatic rings. The molecule has 2 aromatic heterocycles. The van der Waals surface area contributed by atoms with E-state index < -0.39 is 6.55 Å². The predicted octanol–water partition coefficient (Wildman–Crippen LogP) is 6.50. The second kappa shape index (κ2) is 9.51. The summed E-state index contributed by atoms with van der Waals surface area (Å²) in [5, 5.41) is 9.72. The summed E-state index contributed by atoms with van der Waals surface area (Å²) < 4.78 is 36.2. The van der Waals surface area contributed by atoms with Crippen LogP contribution in [0.1, 0.15) is 50.5 Å². The van der Waals surface area contributed by atoms with Crippen LogP contribution in [-0.2, 0) is 5.75 Å². The van der Waals surface area contributed by atoms with E-state index in [-0.39, 0.29) is 5.75 Å². The Morgan fingerprint density at radius 2 is 1.79 bits per heavy atom. The second-order valence-corrected chi connectivity index (χ2v) is 9.09. The van der Waals surface area contributed by atoms with Gasteiger partial charge in [-0.05, 0) is 49.2 Å². The van der Waals surface area contributed by atoms with Gasteiger partial charge in [0.05, 0.1) is 23.9 Å². The molecule has 0 unspecified atom stereocenters. The third-order valence-corrected chi connectivity index (χ3v) is 7.09. The zero-order valence-corrected chi connectivity index (χ0v) is 19.1. The zero-order valence-electron chi connectivity index (χ0n) is 18.3. The van der Waals surface area contributed by atoms with Crippen molar-refractivity contribution in [3.05, 3.63) is 54.4 Å². The molecule has 0 amide bonds. The summed E-state index contributed by atoms with van der Waals surface area (Å²) in [5.41, 5.74) is 1.97. The lowest BCUT2D eigenvalue weighted by Gasteiger charge is -2.25. The Hall–Kier alpha value is -2.94. The molecule has 1 aliphatic carbocycles. The molecule has 33 heavy (non-hydrogen) atoms. The first-order valence-corrected chi connectivity index (χ1v) is 12.1. The molecule has 6 nitrogen and oxygen atoms in total. The van der Waals surface area contributed by atoms with Crippen molar-refractivity contribution in [1.82, 2.24) is 24.3 Å². The van der Waals surface area contributed by atoms with Crippen molar-refractivity contribution in [2.45, 2.75) is 55.6 Å². The summed E-state index contributed by atoms with van der Waals surface area (Å²) in [6, 6.07) is 15.1. The fourth-order valence-corrected chi connectivity index (χ4v) is 5.46. The molecule has 172 valence electrons. The molecule has 2 heterocycles. The first-order chi connectivity index (χ1) is 16.2. The van der Waals surface area contributed by atoms with Crippen LogP contribution in [0, 0.1) is 0 Å². The van der Waals surface area contributed by atoms with Gasteiger partial charge in [0.2, 0.25) is 0 Å². The molecular weight excluding hydrogens is 444 g/mol. The van der Waals surface area contributed by atoms with Gasteiger partial charge in [-0.2, -0.15) is 8.78 Å². The Morgan fingerprint density at radius 3 is 2.52 bits per heavy atom. The first kappa shape index (κ1) is 21.9. The molecule has 0 bridgehead atoms. The van der Waals surface area contributed by atoms with Crippen molar-refractivity contribution in [2.75, 3.05) is 7.11 Å². The van der Waals surface area contributed by atoms with Crippen molar-refractivity contribution >= 4 is 22.8 Å². The molecule has 9 heteroatoms. The van der Waals surface area contributed by atoms with E-state index in [1.54, 1.807) is 25.3 Å². The van der Waals surface area contributed by atoms with Gasteiger partial charge < -0.3 is 4.74 Å². The highest BCUT2D eigenvalue weighted by molar-refractivity contribution is 7.98. The van der Waals surface area contributed by atoms with Gasteiger partial charge in [0.15, 0.2) is 11.0 Å². The minimum absolute atomic E-state index is 0.284. The number of hydrogen-bond donors (Lipinski definition) is 0. The van der Waals surface area contributed by atoms with E-state index in [2.05, 4.69) is 19.7 Å². The Morgan fingerprint density at radius 1 is 1.03 bits per heavy atom. The van der Waals surface area contributed by atoms with Gasteiger partial charge in [-0.25, -0.2) is 4.98 Å². The number of hydrogen-bond acceptors (Lipinski definition) is 5. The number of benzene rings is 2. The number of rotatable bonds is 7. The molecule has 1 saturated carbocycles. The van der Waals surface area contributed by atoms with Gasteiger partial charge >= 0.3 is 6.55 Å². The summed E-state index contributed by atoms with van der Waals surface area (Å²) in [6.07, 6.45) is 5.68. The number of methoxy groups -OCH3 is 1. The van der Waals surface area contributed by atoms with Gasteiger partial charge in [-0.15, -0.1) is 10.2 Å². The molecule has 0 saturated heterocycles. The highest BCUT2D eigenvalue weighted by Crippen LogP contribution is 2.37. The highest BCUT2D eigenvalue weighted by Gasteiger charge is 2.25. The van der Waals surface area contributed by atoms with Crippen LogP contribution in [0.5, 0.6) is 5.75 Å². The number of aromatic nitrogens is 5. The van der Waals surface area contributed by atoms with Crippen molar-refractivity contribution in [3.63, 3.8) is 0 Å². The first-order valence-electron chi connectivity index (χ1n) is 11.1. The van der Waals surface area contributed by atoms with Gasteiger partial charge in [-0.1, -0.05) is 43.2 Å². The molecule has 0 aliphatic heterocycles. The fourth-order valence-electron chi connectivity index (χ4n) is 4.52. The number of halogens is 2. The summed E-state index contributed by atoms with van der Waals surface area (Å²) >= 11 is 1.41. The van der Waals surface area contributed by atoms with Crippen molar-refractivity contribution < 1.29 is 13.5 Å². The van der Waals surface area contributed by atoms with Gasteiger partial charge in [0, 0.05) is 11.6 Å². The van der Waals surface area contributed by atoms with E-state index in [0.29, 0.717) is 22.9 Å². The van der Waals surface area contributed by atoms with Crippen LogP contribution in [0.3, 0.4) is 0 Å². The van der Waals surface area contributed by atoms with E-state index >= 15 is 0 Å². The fraction of sp³-hybridized carbons (Fsp3) is 0.375. The maximum atomic E-state index is 13.8. The molecular formula is C24H25F2N5OS. The number of ether oxygens (including phenoxy) is 1. The molecule has 4 aromatic rings. The topological polar surface area (TPSA) is 57.8 Å². The molecule has 2 aromatic carbocycles. The Balaban J connectivity index is 1.49. The Kier molecular flexibility index (Phi) is 6.30. The van der Waals surface area contributed by atoms with Gasteiger partial charge in [0.1, 0.15) is 11.6 Å². The van der Waals surface area contributed by atoms with Crippen LogP contribution in [0.4, 0.5) is 8.78 Å². The number of thioether (sulfide) groups is 1. The molecule has 0 atom stereocenters. The summed E-state index contributed by atoms with van der Waals surface area (Å²) in [4.78, 5) is 4.47. The molecule has 1 fully saturated rings. The third-order valence-electron chi connectivity index (χ3n) is 6.15. The SMILES string of the molecule is COc1ccc(-c2nnc(SCc3nc4ccccc4n3C(F)F)n2C2CCCCC2)cc1. The summed E-state index contributed by atoms with van der Waals surface area (Å²) in [5.74, 6) is 2.20. The standard InChI is InChI=1S/C24H25F2N5OS/c1-32-18-13-11-16(12-14-18)22-28-29-24(30(22)17-7-3-2-4-8-17)33-15-21-27-19-9-5-6-10-20(19)31(21)23(25)26/h5-6,9-14,17,23H,2-4,7-8,15H2,1H3. The monoisotopic (exact) mass is 469 g/mol. The average Bonchev–Trinajstić information content (AvgIpc) is 3.44. The van der Waals surface area contributed by atoms with Crippen LogP contribution in [-0.4, -0.2) is 31.4 Å². The predicted molar refractivity (Wildman–Crippen MR) is 125 cm³/mol. The van der Waals surface area contributed by atoms with Crippen LogP contribution in [0.15, 0.2) is 53.7 Å². The quantitative estimate of drug-likeness (QED) is 0.289. The van der Waals surface area contributed by atoms with Gasteiger partial charge in [-0.3, -0.25) is 9.13 Å². The average molecular weight is 470 g/mol. The van der Waals surface area contributed by atoms with E-state index in [1.165, 1.54) is 18.2 Å². The molecule has 0 N–H and O–H groups in total. The van der Waals surface area contributed by atoms with Crippen molar-refractivity contribution in [3.8, 4) is 17.1 Å². The van der Waals surface area contributed by atoms with E-state index in [1.807, 2.05) is 30.3 Å². The van der Waals surface area contributed by atoms with E-state index in [9.17, 15) is 8.78 Å².